The second-order valence-corrected chi connectivity index (χ2v) is 10.5. The number of aromatic nitrogens is 4. The molecule has 1 saturated heterocycles. The van der Waals surface area contributed by atoms with Crippen molar-refractivity contribution < 1.29 is 13.2 Å². The molecule has 0 radical (unpaired) electrons. The number of hydrogen-bond acceptors (Lipinski definition) is 7. The predicted molar refractivity (Wildman–Crippen MR) is 130 cm³/mol. The average molecular weight is 478 g/mol. The summed E-state index contributed by atoms with van der Waals surface area (Å²) in [5, 5.41) is -0.302. The Bertz CT molecular complexity index is 1360. The van der Waals surface area contributed by atoms with Gasteiger partial charge in [0, 0.05) is 25.2 Å². The van der Waals surface area contributed by atoms with Gasteiger partial charge in [-0.25, -0.2) is 13.4 Å². The fraction of sp³-hybridized carbons (Fsp3) is 0.320. The summed E-state index contributed by atoms with van der Waals surface area (Å²) in [6.45, 7) is 0.629. The van der Waals surface area contributed by atoms with Gasteiger partial charge < -0.3 is 10.5 Å². The van der Waals surface area contributed by atoms with Gasteiger partial charge in [0.05, 0.1) is 0 Å². The van der Waals surface area contributed by atoms with E-state index in [4.69, 9.17) is 15.5 Å². The Kier molecular flexibility index (Phi) is 6.05. The normalized spacial score (nSPS) is 16.8. The Labute approximate surface area is 198 Å². The lowest BCUT2D eigenvalue weighted by atomic mass is 9.88. The first-order valence-electron chi connectivity index (χ1n) is 11.4. The van der Waals surface area contributed by atoms with Crippen LogP contribution in [0.5, 0.6) is 0 Å². The molecule has 1 fully saturated rings. The third-order valence-electron chi connectivity index (χ3n) is 6.19. The Balaban J connectivity index is 1.69. The molecule has 0 spiro atoms. The highest BCUT2D eigenvalue weighted by Gasteiger charge is 2.28. The molecule has 2 aromatic carbocycles. The molecule has 1 atom stereocenters. The van der Waals surface area contributed by atoms with Crippen molar-refractivity contribution in [3.63, 3.8) is 0 Å². The van der Waals surface area contributed by atoms with Crippen LogP contribution in [-0.2, 0) is 21.0 Å². The van der Waals surface area contributed by atoms with Gasteiger partial charge in [-0.3, -0.25) is 4.57 Å². The lowest BCUT2D eigenvalue weighted by Crippen LogP contribution is -2.22. The van der Waals surface area contributed by atoms with Crippen molar-refractivity contribution in [1.82, 2.24) is 19.5 Å². The highest BCUT2D eigenvalue weighted by molar-refractivity contribution is 7.90. The van der Waals surface area contributed by atoms with Crippen LogP contribution in [0.15, 0.2) is 65.8 Å². The quantitative estimate of drug-likeness (QED) is 0.419. The van der Waals surface area contributed by atoms with Crippen molar-refractivity contribution in [2.75, 3.05) is 18.6 Å². The molecule has 8 nitrogen and oxygen atoms in total. The molecule has 0 aliphatic carbocycles. The Morgan fingerprint density at radius 1 is 1.00 bits per heavy atom. The van der Waals surface area contributed by atoms with Crippen LogP contribution >= 0.6 is 0 Å². The van der Waals surface area contributed by atoms with E-state index in [9.17, 15) is 8.42 Å². The molecule has 34 heavy (non-hydrogen) atoms. The zero-order chi connectivity index (χ0) is 23.7. The zero-order valence-corrected chi connectivity index (χ0v) is 19.8. The molecule has 2 aromatic heterocycles. The van der Waals surface area contributed by atoms with Gasteiger partial charge >= 0.3 is 0 Å². The number of hydrogen-bond donors (Lipinski definition) is 1. The molecular formula is C25H27N5O3S. The number of rotatable bonds is 6. The Morgan fingerprint density at radius 2 is 1.65 bits per heavy atom. The van der Waals surface area contributed by atoms with Crippen LogP contribution in [0.2, 0.25) is 0 Å². The summed E-state index contributed by atoms with van der Waals surface area (Å²) >= 11 is 0. The lowest BCUT2D eigenvalue weighted by molar-refractivity contribution is -0.0314. The Morgan fingerprint density at radius 3 is 2.21 bits per heavy atom. The van der Waals surface area contributed by atoms with Gasteiger partial charge in [0.1, 0.15) is 12.1 Å². The molecular weight excluding hydrogens is 450 g/mol. The zero-order valence-electron chi connectivity index (χ0n) is 19.0. The Hall–Kier alpha value is -3.30. The molecule has 2 N–H and O–H groups in total. The van der Waals surface area contributed by atoms with Crippen LogP contribution in [0, 0.1) is 0 Å². The molecule has 0 saturated carbocycles. The van der Waals surface area contributed by atoms with E-state index in [2.05, 4.69) is 34.2 Å². The van der Waals surface area contributed by atoms with E-state index >= 15 is 0 Å². The molecule has 3 heterocycles. The highest BCUT2D eigenvalue weighted by Crippen LogP contribution is 2.34. The molecule has 176 valence electrons. The molecule has 1 unspecified atom stereocenters. The summed E-state index contributed by atoms with van der Waals surface area (Å²) in [7, 11) is -3.65. The topological polar surface area (TPSA) is 113 Å². The minimum atomic E-state index is -3.65. The van der Waals surface area contributed by atoms with Crippen LogP contribution in [0.25, 0.3) is 11.2 Å². The standard InChI is InChI=1S/C25H27N5O3S/c1-34(31,32)25-28-23(26)22-24(29-25)30(21-14-8-9-15-33-21)20(27-22)16-19(17-10-4-2-5-11-17)18-12-6-3-7-13-18/h2-7,10-13,19,21H,8-9,14-16H2,1H3,(H2,26,28,29). The van der Waals surface area contributed by atoms with Gasteiger partial charge in [0.2, 0.25) is 9.84 Å². The number of fused-ring (bicyclic) bond motifs is 1. The summed E-state index contributed by atoms with van der Waals surface area (Å²) in [6.07, 6.45) is 4.14. The number of nitrogens with zero attached hydrogens (tertiary/aromatic N) is 4. The summed E-state index contributed by atoms with van der Waals surface area (Å²) in [6, 6.07) is 20.5. The van der Waals surface area contributed by atoms with Gasteiger partial charge in [0.25, 0.3) is 5.16 Å². The van der Waals surface area contributed by atoms with Crippen molar-refractivity contribution in [1.29, 1.82) is 0 Å². The van der Waals surface area contributed by atoms with E-state index in [0.717, 1.165) is 42.5 Å². The number of imidazole rings is 1. The third kappa shape index (κ3) is 4.41. The molecule has 1 aliphatic rings. The number of anilines is 1. The minimum Gasteiger partial charge on any atom is -0.382 e. The second-order valence-electron chi connectivity index (χ2n) is 8.63. The number of sulfone groups is 1. The summed E-state index contributed by atoms with van der Waals surface area (Å²) in [5.74, 6) is 0.827. The summed E-state index contributed by atoms with van der Waals surface area (Å²) in [5.41, 5.74) is 9.30. The largest absolute Gasteiger partial charge is 0.382 e. The first-order valence-corrected chi connectivity index (χ1v) is 13.3. The van der Waals surface area contributed by atoms with Crippen molar-refractivity contribution >= 4 is 26.8 Å². The van der Waals surface area contributed by atoms with Crippen LogP contribution in [0.1, 0.15) is 48.4 Å². The SMILES string of the molecule is CS(=O)(=O)c1nc(N)c2nc(CC(c3ccccc3)c3ccccc3)n(C3CCCCO3)c2n1. The van der Waals surface area contributed by atoms with E-state index in [1.165, 1.54) is 0 Å². The number of nitrogen functional groups attached to an aromatic ring is 1. The van der Waals surface area contributed by atoms with Gasteiger partial charge in [-0.15, -0.1) is 0 Å². The second kappa shape index (κ2) is 9.15. The van der Waals surface area contributed by atoms with Crippen molar-refractivity contribution in [2.24, 2.45) is 0 Å². The summed E-state index contributed by atoms with van der Waals surface area (Å²) in [4.78, 5) is 13.3. The maximum absolute atomic E-state index is 12.2. The lowest BCUT2D eigenvalue weighted by Gasteiger charge is -2.27. The molecule has 0 bridgehead atoms. The van der Waals surface area contributed by atoms with E-state index in [-0.39, 0.29) is 23.1 Å². The van der Waals surface area contributed by atoms with Crippen LogP contribution in [-0.4, -0.2) is 40.8 Å². The van der Waals surface area contributed by atoms with Crippen LogP contribution < -0.4 is 5.73 Å². The van der Waals surface area contributed by atoms with Crippen LogP contribution in [0.3, 0.4) is 0 Å². The van der Waals surface area contributed by atoms with E-state index in [1.807, 2.05) is 41.0 Å². The first-order chi connectivity index (χ1) is 16.4. The smallest absolute Gasteiger partial charge is 0.250 e. The van der Waals surface area contributed by atoms with Gasteiger partial charge in [0.15, 0.2) is 17.0 Å². The maximum atomic E-state index is 12.2. The molecule has 1 aliphatic heterocycles. The first kappa shape index (κ1) is 22.5. The highest BCUT2D eigenvalue weighted by atomic mass is 32.2. The van der Waals surface area contributed by atoms with Crippen molar-refractivity contribution in [3.05, 3.63) is 77.6 Å². The van der Waals surface area contributed by atoms with Crippen molar-refractivity contribution in [3.8, 4) is 0 Å². The summed E-state index contributed by atoms with van der Waals surface area (Å²) < 4.78 is 32.5. The van der Waals surface area contributed by atoms with Gasteiger partial charge in [-0.05, 0) is 30.4 Å². The van der Waals surface area contributed by atoms with Gasteiger partial charge in [-0.1, -0.05) is 60.7 Å². The predicted octanol–water partition coefficient (Wildman–Crippen LogP) is 3.89. The maximum Gasteiger partial charge on any atom is 0.250 e. The van der Waals surface area contributed by atoms with Gasteiger partial charge in [-0.2, -0.15) is 9.97 Å². The van der Waals surface area contributed by atoms with E-state index in [1.54, 1.807) is 0 Å². The average Bonchev–Trinajstić information content (AvgIpc) is 3.22. The van der Waals surface area contributed by atoms with E-state index < -0.39 is 9.84 Å². The number of nitrogens with two attached hydrogens (primary N) is 1. The molecule has 4 aromatic rings. The van der Waals surface area contributed by atoms with Crippen molar-refractivity contribution in [2.45, 2.75) is 43.0 Å². The molecule has 9 heteroatoms. The van der Waals surface area contributed by atoms with Crippen LogP contribution in [0.4, 0.5) is 5.82 Å². The fourth-order valence-electron chi connectivity index (χ4n) is 4.54. The number of benzene rings is 2. The van der Waals surface area contributed by atoms with E-state index in [0.29, 0.717) is 24.2 Å². The monoisotopic (exact) mass is 477 g/mol. The molecule has 5 rings (SSSR count). The fourth-order valence-corrected chi connectivity index (χ4v) is 5.06. The minimum absolute atomic E-state index is 0.0325. The molecule has 0 amide bonds. The number of ether oxygens (including phenoxy) is 1. The third-order valence-corrected chi connectivity index (χ3v) is 7.03.